The van der Waals surface area contributed by atoms with Crippen molar-refractivity contribution in [3.8, 4) is 11.5 Å². The van der Waals surface area contributed by atoms with Crippen LogP contribution in [0.3, 0.4) is 0 Å². The Hall–Kier alpha value is -0.910. The maximum Gasteiger partial charge on any atom is 0.141 e. The zero-order valence-electron chi connectivity index (χ0n) is 10.00. The van der Waals surface area contributed by atoms with Crippen molar-refractivity contribution >= 4 is 31.9 Å². The van der Waals surface area contributed by atoms with Gasteiger partial charge in [-0.3, -0.25) is 0 Å². The van der Waals surface area contributed by atoms with Gasteiger partial charge < -0.3 is 10.5 Å². The van der Waals surface area contributed by atoms with Gasteiger partial charge in [0.25, 0.3) is 0 Å². The van der Waals surface area contributed by atoms with E-state index in [0.717, 1.165) is 10.0 Å². The molecule has 0 bridgehead atoms. The highest BCUT2D eigenvalue weighted by Gasteiger charge is 2.07. The summed E-state index contributed by atoms with van der Waals surface area (Å²) >= 11 is 6.51. The topological polar surface area (TPSA) is 35.2 Å². The molecule has 2 aromatic carbocycles. The molecule has 0 spiro atoms. The summed E-state index contributed by atoms with van der Waals surface area (Å²) in [6, 6.07) is 10.4. The zero-order chi connectivity index (χ0) is 13.8. The summed E-state index contributed by atoms with van der Waals surface area (Å²) in [5.41, 5.74) is 6.57. The van der Waals surface area contributed by atoms with Gasteiger partial charge in [-0.05, 0) is 58.7 Å². The Morgan fingerprint density at radius 2 is 1.89 bits per heavy atom. The van der Waals surface area contributed by atoms with Crippen LogP contribution in [0.2, 0.25) is 0 Å². The fourth-order valence-electron chi connectivity index (χ4n) is 1.65. The molecule has 0 aliphatic heterocycles. The van der Waals surface area contributed by atoms with Crippen LogP contribution in [0.1, 0.15) is 5.56 Å². The molecule has 0 atom stereocenters. The third-order valence-corrected chi connectivity index (χ3v) is 3.70. The number of hydrogen-bond donors (Lipinski definition) is 1. The van der Waals surface area contributed by atoms with Gasteiger partial charge >= 0.3 is 0 Å². The van der Waals surface area contributed by atoms with Gasteiger partial charge in [0.1, 0.15) is 17.3 Å². The SMILES string of the molecule is NCCc1ccc(Br)cc1Oc1ccc(Br)c(F)c1. The highest BCUT2D eigenvalue weighted by molar-refractivity contribution is 9.10. The average molecular weight is 389 g/mol. The minimum absolute atomic E-state index is 0.354. The number of ether oxygens (including phenoxy) is 1. The smallest absolute Gasteiger partial charge is 0.141 e. The lowest BCUT2D eigenvalue weighted by molar-refractivity contribution is 0.470. The molecule has 2 N–H and O–H groups in total. The lowest BCUT2D eigenvalue weighted by Gasteiger charge is -2.11. The summed E-state index contributed by atoms with van der Waals surface area (Å²) in [4.78, 5) is 0. The van der Waals surface area contributed by atoms with Crippen LogP contribution in [0.5, 0.6) is 11.5 Å². The molecule has 19 heavy (non-hydrogen) atoms. The van der Waals surface area contributed by atoms with Gasteiger partial charge in [-0.1, -0.05) is 22.0 Å². The van der Waals surface area contributed by atoms with E-state index in [1.807, 2.05) is 18.2 Å². The number of halogens is 3. The van der Waals surface area contributed by atoms with Crippen LogP contribution in [-0.2, 0) is 6.42 Å². The normalized spacial score (nSPS) is 10.5. The summed E-state index contributed by atoms with van der Waals surface area (Å²) in [7, 11) is 0. The Bertz CT molecular complexity index is 590. The minimum Gasteiger partial charge on any atom is -0.457 e. The Labute approximate surface area is 128 Å². The van der Waals surface area contributed by atoms with Crippen molar-refractivity contribution in [3.05, 3.63) is 56.7 Å². The van der Waals surface area contributed by atoms with Gasteiger partial charge in [-0.2, -0.15) is 0 Å². The van der Waals surface area contributed by atoms with Crippen molar-refractivity contribution in [1.29, 1.82) is 0 Å². The van der Waals surface area contributed by atoms with Crippen molar-refractivity contribution in [1.82, 2.24) is 0 Å². The van der Waals surface area contributed by atoms with Crippen molar-refractivity contribution in [3.63, 3.8) is 0 Å². The van der Waals surface area contributed by atoms with Crippen LogP contribution in [0, 0.1) is 5.82 Å². The lowest BCUT2D eigenvalue weighted by Crippen LogP contribution is -2.04. The maximum absolute atomic E-state index is 13.5. The fraction of sp³-hybridized carbons (Fsp3) is 0.143. The molecule has 0 radical (unpaired) electrons. The van der Waals surface area contributed by atoms with Gasteiger partial charge in [-0.15, -0.1) is 0 Å². The fourth-order valence-corrected chi connectivity index (χ4v) is 2.24. The van der Waals surface area contributed by atoms with E-state index in [0.29, 0.717) is 28.9 Å². The predicted molar refractivity (Wildman–Crippen MR) is 81.1 cm³/mol. The maximum atomic E-state index is 13.5. The Balaban J connectivity index is 2.30. The molecular formula is C14H12Br2FNO. The molecule has 2 aromatic rings. The van der Waals surface area contributed by atoms with E-state index in [1.54, 1.807) is 12.1 Å². The number of nitrogens with two attached hydrogens (primary N) is 1. The summed E-state index contributed by atoms with van der Waals surface area (Å²) < 4.78 is 20.5. The van der Waals surface area contributed by atoms with Gasteiger partial charge in [0.05, 0.1) is 4.47 Å². The Morgan fingerprint density at radius 1 is 1.11 bits per heavy atom. The average Bonchev–Trinajstić information content (AvgIpc) is 2.37. The van der Waals surface area contributed by atoms with Gasteiger partial charge in [0, 0.05) is 10.5 Å². The first-order chi connectivity index (χ1) is 9.10. The first kappa shape index (κ1) is 14.5. The molecule has 0 saturated heterocycles. The first-order valence-corrected chi connectivity index (χ1v) is 7.30. The Kier molecular flexibility index (Phi) is 4.96. The number of hydrogen-bond acceptors (Lipinski definition) is 2. The van der Waals surface area contributed by atoms with Crippen LogP contribution < -0.4 is 10.5 Å². The van der Waals surface area contributed by atoms with Crippen LogP contribution >= 0.6 is 31.9 Å². The molecule has 100 valence electrons. The monoisotopic (exact) mass is 387 g/mol. The van der Waals surface area contributed by atoms with E-state index in [9.17, 15) is 4.39 Å². The van der Waals surface area contributed by atoms with E-state index in [2.05, 4.69) is 31.9 Å². The second-order valence-corrected chi connectivity index (χ2v) is 5.74. The number of benzene rings is 2. The van der Waals surface area contributed by atoms with E-state index < -0.39 is 0 Å². The van der Waals surface area contributed by atoms with Gasteiger partial charge in [-0.25, -0.2) is 4.39 Å². The molecular weight excluding hydrogens is 377 g/mol. The van der Waals surface area contributed by atoms with E-state index in [-0.39, 0.29) is 5.82 Å². The van der Waals surface area contributed by atoms with Crippen molar-refractivity contribution in [2.24, 2.45) is 5.73 Å². The van der Waals surface area contributed by atoms with Crippen molar-refractivity contribution < 1.29 is 9.13 Å². The summed E-state index contributed by atoms with van der Waals surface area (Å²) in [6.45, 7) is 0.534. The standard InChI is InChI=1S/C14H12Br2FNO/c15-10-2-1-9(5-6-18)14(7-10)19-11-3-4-12(16)13(17)8-11/h1-4,7-8H,5-6,18H2. The third kappa shape index (κ3) is 3.78. The molecule has 0 unspecified atom stereocenters. The highest BCUT2D eigenvalue weighted by atomic mass is 79.9. The largest absolute Gasteiger partial charge is 0.457 e. The van der Waals surface area contributed by atoms with Crippen LogP contribution in [0.25, 0.3) is 0 Å². The minimum atomic E-state index is -0.354. The van der Waals surface area contributed by atoms with Crippen LogP contribution in [0.15, 0.2) is 45.3 Å². The summed E-state index contributed by atoms with van der Waals surface area (Å²) in [5, 5.41) is 0. The first-order valence-electron chi connectivity index (χ1n) is 5.71. The summed E-state index contributed by atoms with van der Waals surface area (Å²) in [5.74, 6) is 0.784. The molecule has 0 aliphatic carbocycles. The molecule has 5 heteroatoms. The van der Waals surface area contributed by atoms with Gasteiger partial charge in [0.2, 0.25) is 0 Å². The second kappa shape index (κ2) is 6.50. The molecule has 2 nitrogen and oxygen atoms in total. The summed E-state index contributed by atoms with van der Waals surface area (Å²) in [6.07, 6.45) is 0.710. The van der Waals surface area contributed by atoms with E-state index in [1.165, 1.54) is 6.07 Å². The molecule has 2 rings (SSSR count). The third-order valence-electron chi connectivity index (χ3n) is 2.56. The molecule has 0 fully saturated rings. The van der Waals surface area contributed by atoms with Crippen LogP contribution in [0.4, 0.5) is 4.39 Å². The lowest BCUT2D eigenvalue weighted by atomic mass is 10.1. The van der Waals surface area contributed by atoms with E-state index >= 15 is 0 Å². The van der Waals surface area contributed by atoms with E-state index in [4.69, 9.17) is 10.5 Å². The van der Waals surface area contributed by atoms with Crippen molar-refractivity contribution in [2.45, 2.75) is 6.42 Å². The quantitative estimate of drug-likeness (QED) is 0.827. The number of rotatable bonds is 4. The zero-order valence-corrected chi connectivity index (χ0v) is 13.2. The second-order valence-electron chi connectivity index (χ2n) is 3.97. The predicted octanol–water partition coefficient (Wildman–Crippen LogP) is 4.64. The molecule has 0 aliphatic rings. The molecule has 0 aromatic heterocycles. The van der Waals surface area contributed by atoms with Gasteiger partial charge in [0.15, 0.2) is 0 Å². The molecule has 0 heterocycles. The van der Waals surface area contributed by atoms with Crippen LogP contribution in [-0.4, -0.2) is 6.54 Å². The van der Waals surface area contributed by atoms with Crippen molar-refractivity contribution in [2.75, 3.05) is 6.54 Å². The highest BCUT2D eigenvalue weighted by Crippen LogP contribution is 2.30. The molecule has 0 amide bonds. The Morgan fingerprint density at radius 3 is 2.58 bits per heavy atom. The molecule has 0 saturated carbocycles.